The Bertz CT molecular complexity index is 1620. The van der Waals surface area contributed by atoms with Crippen LogP contribution in [-0.4, -0.2) is 27.2 Å². The highest BCUT2D eigenvalue weighted by molar-refractivity contribution is 7.18. The summed E-state index contributed by atoms with van der Waals surface area (Å²) in [5.74, 6) is -0.326. The summed E-state index contributed by atoms with van der Waals surface area (Å²) in [4.78, 5) is 25.8. The first-order chi connectivity index (χ1) is 17.2. The maximum absolute atomic E-state index is 13.2. The largest absolute Gasteiger partial charge is 0.573 e. The number of aromatic nitrogens is 3. The van der Waals surface area contributed by atoms with E-state index in [0.717, 1.165) is 16.3 Å². The fraction of sp³-hybridized carbons (Fsp3) is 0.120. The van der Waals surface area contributed by atoms with Gasteiger partial charge in [-0.3, -0.25) is 9.78 Å². The number of pyridine rings is 1. The molecule has 0 aliphatic rings. The zero-order valence-electron chi connectivity index (χ0n) is 18.8. The highest BCUT2D eigenvalue weighted by Crippen LogP contribution is 2.33. The van der Waals surface area contributed by atoms with Crippen LogP contribution < -0.4 is 15.8 Å². The third-order valence-corrected chi connectivity index (χ3v) is 6.60. The van der Waals surface area contributed by atoms with Crippen LogP contribution in [-0.2, 0) is 6.42 Å². The number of nitrogens with zero attached hydrogens (tertiary/aromatic N) is 3. The fourth-order valence-electron chi connectivity index (χ4n) is 3.99. The van der Waals surface area contributed by atoms with Gasteiger partial charge < -0.3 is 15.8 Å². The van der Waals surface area contributed by atoms with Crippen molar-refractivity contribution in [2.45, 2.75) is 19.7 Å². The lowest BCUT2D eigenvalue weighted by atomic mass is 10.00. The molecule has 182 valence electrons. The van der Waals surface area contributed by atoms with Crippen molar-refractivity contribution in [3.63, 3.8) is 0 Å². The quantitative estimate of drug-likeness (QED) is 0.307. The number of alkyl halides is 3. The van der Waals surface area contributed by atoms with Crippen LogP contribution in [0.15, 0.2) is 60.4 Å². The Balaban J connectivity index is 1.48. The Hall–Kier alpha value is -4.25. The minimum absolute atomic E-state index is 0.272. The van der Waals surface area contributed by atoms with Crippen LogP contribution in [0.1, 0.15) is 27.2 Å². The minimum atomic E-state index is -4.77. The van der Waals surface area contributed by atoms with Gasteiger partial charge in [0.2, 0.25) is 0 Å². The van der Waals surface area contributed by atoms with Gasteiger partial charge in [-0.25, -0.2) is 9.97 Å². The molecule has 3 aromatic heterocycles. The second kappa shape index (κ2) is 9.08. The lowest BCUT2D eigenvalue weighted by Crippen LogP contribution is -2.17. The first kappa shape index (κ1) is 23.5. The first-order valence-electron chi connectivity index (χ1n) is 10.7. The second-order valence-electron chi connectivity index (χ2n) is 8.02. The van der Waals surface area contributed by atoms with Crippen LogP contribution in [0.3, 0.4) is 0 Å². The number of anilines is 2. The van der Waals surface area contributed by atoms with Crippen molar-refractivity contribution >= 4 is 49.7 Å². The van der Waals surface area contributed by atoms with Crippen LogP contribution in [0, 0.1) is 6.92 Å². The number of fused-ring (bicyclic) bond motifs is 2. The van der Waals surface area contributed by atoms with Crippen LogP contribution in [0.25, 0.3) is 21.0 Å². The summed E-state index contributed by atoms with van der Waals surface area (Å²) < 4.78 is 42.5. The molecule has 0 saturated heterocycles. The van der Waals surface area contributed by atoms with Crippen LogP contribution in [0.5, 0.6) is 5.75 Å². The monoisotopic (exact) mass is 509 g/mol. The molecule has 5 rings (SSSR count). The zero-order chi connectivity index (χ0) is 25.4. The molecule has 7 nitrogen and oxygen atoms in total. The first-order valence-corrected chi connectivity index (χ1v) is 11.6. The molecule has 0 fully saturated rings. The smallest absolute Gasteiger partial charge is 0.406 e. The van der Waals surface area contributed by atoms with Crippen molar-refractivity contribution in [2.75, 3.05) is 11.1 Å². The molecule has 3 N–H and O–H groups in total. The van der Waals surface area contributed by atoms with Gasteiger partial charge in [0.15, 0.2) is 0 Å². The van der Waals surface area contributed by atoms with E-state index in [1.807, 2.05) is 19.1 Å². The van der Waals surface area contributed by atoms with E-state index in [2.05, 4.69) is 25.0 Å². The number of nitrogens with one attached hydrogen (secondary N) is 1. The normalized spacial score (nSPS) is 11.7. The summed E-state index contributed by atoms with van der Waals surface area (Å²) in [6.07, 6.45) is -1.57. The number of halogens is 3. The third-order valence-electron chi connectivity index (χ3n) is 5.60. The molecule has 3 heterocycles. The fourth-order valence-corrected chi connectivity index (χ4v) is 4.89. The van der Waals surface area contributed by atoms with Crippen molar-refractivity contribution in [3.8, 4) is 5.75 Å². The number of thiophene rings is 1. The van der Waals surface area contributed by atoms with Gasteiger partial charge in [-0.2, -0.15) is 0 Å². The summed E-state index contributed by atoms with van der Waals surface area (Å²) in [5.41, 5.74) is 9.45. The van der Waals surface area contributed by atoms with Crippen molar-refractivity contribution in [3.05, 3.63) is 82.8 Å². The lowest BCUT2D eigenvalue weighted by molar-refractivity contribution is -0.274. The van der Waals surface area contributed by atoms with Gasteiger partial charge in [-0.05, 0) is 36.2 Å². The minimum Gasteiger partial charge on any atom is -0.406 e. The highest BCUT2D eigenvalue weighted by Gasteiger charge is 2.31. The predicted octanol–water partition coefficient (Wildman–Crippen LogP) is 5.87. The van der Waals surface area contributed by atoms with Crippen molar-refractivity contribution < 1.29 is 22.7 Å². The Morgan fingerprint density at radius 1 is 1.11 bits per heavy atom. The number of amides is 1. The van der Waals surface area contributed by atoms with Gasteiger partial charge in [0, 0.05) is 28.8 Å². The molecule has 2 aromatic carbocycles. The lowest BCUT2D eigenvalue weighted by Gasteiger charge is -2.14. The molecule has 0 bridgehead atoms. The number of ether oxygens (including phenoxy) is 1. The van der Waals surface area contributed by atoms with Crippen molar-refractivity contribution in [1.82, 2.24) is 15.0 Å². The average molecular weight is 510 g/mol. The van der Waals surface area contributed by atoms with E-state index >= 15 is 0 Å². The number of benzene rings is 2. The number of carbonyl (C=O) groups excluding carboxylic acids is 1. The van der Waals surface area contributed by atoms with Gasteiger partial charge in [0.1, 0.15) is 17.9 Å². The summed E-state index contributed by atoms with van der Waals surface area (Å²) in [7, 11) is 0. The number of hydrogen-bond donors (Lipinski definition) is 2. The summed E-state index contributed by atoms with van der Waals surface area (Å²) in [6, 6.07) is 11.3. The molecule has 0 aliphatic heterocycles. The van der Waals surface area contributed by atoms with E-state index in [-0.39, 0.29) is 18.1 Å². The summed E-state index contributed by atoms with van der Waals surface area (Å²) in [6.45, 7) is 1.87. The maximum Gasteiger partial charge on any atom is 0.573 e. The summed E-state index contributed by atoms with van der Waals surface area (Å²) >= 11 is 1.29. The van der Waals surface area contributed by atoms with E-state index in [1.54, 1.807) is 23.7 Å². The Kier molecular flexibility index (Phi) is 5.92. The number of carbonyl (C=O) groups is 1. The Labute approximate surface area is 206 Å². The van der Waals surface area contributed by atoms with Crippen LogP contribution >= 0.6 is 11.3 Å². The zero-order valence-corrected chi connectivity index (χ0v) is 19.6. The number of nitrogens with two attached hydrogens (primary N) is 1. The molecule has 5 aromatic rings. The molecule has 0 saturated carbocycles. The molecule has 1 amide bonds. The average Bonchev–Trinajstić information content (AvgIpc) is 3.26. The Morgan fingerprint density at radius 3 is 2.75 bits per heavy atom. The standard InChI is InChI=1S/C25H18F3N5O2S/c1-13-5-6-16-17(20(13)33-24(34)18-11-36-22-21(18)31-12-32-23(22)29)7-8-30-19(16)10-14-3-2-4-15(9-14)35-25(26,27)28/h2-9,11-12H,10H2,1H3,(H,33,34)(H2,29,31,32). The molecule has 0 atom stereocenters. The molecule has 0 aliphatic carbocycles. The number of hydrogen-bond acceptors (Lipinski definition) is 7. The van der Waals surface area contributed by atoms with Gasteiger partial charge in [-0.15, -0.1) is 24.5 Å². The van der Waals surface area contributed by atoms with E-state index in [1.165, 1.54) is 35.9 Å². The molecular formula is C25H18F3N5O2S. The van der Waals surface area contributed by atoms with Crippen molar-refractivity contribution in [1.29, 1.82) is 0 Å². The molecule has 11 heteroatoms. The number of nitrogen functional groups attached to an aromatic ring is 1. The van der Waals surface area contributed by atoms with E-state index in [9.17, 15) is 18.0 Å². The molecule has 0 spiro atoms. The summed E-state index contributed by atoms with van der Waals surface area (Å²) in [5, 5.41) is 6.20. The molecule has 36 heavy (non-hydrogen) atoms. The molecule has 0 unspecified atom stereocenters. The topological polar surface area (TPSA) is 103 Å². The van der Waals surface area contributed by atoms with Crippen LogP contribution in [0.2, 0.25) is 0 Å². The van der Waals surface area contributed by atoms with Crippen molar-refractivity contribution in [2.24, 2.45) is 0 Å². The maximum atomic E-state index is 13.2. The molecular weight excluding hydrogens is 491 g/mol. The van der Waals surface area contributed by atoms with Gasteiger partial charge in [0.05, 0.1) is 27.2 Å². The SMILES string of the molecule is Cc1ccc2c(Cc3cccc(OC(F)(F)F)c3)nccc2c1NC(=O)c1csc2c(N)ncnc12. The third kappa shape index (κ3) is 4.65. The predicted molar refractivity (Wildman–Crippen MR) is 132 cm³/mol. The van der Waals surface area contributed by atoms with Crippen LogP contribution in [0.4, 0.5) is 24.7 Å². The number of aryl methyl sites for hydroxylation is 1. The van der Waals surface area contributed by atoms with E-state index in [0.29, 0.717) is 38.5 Å². The molecule has 0 radical (unpaired) electrons. The van der Waals surface area contributed by atoms with E-state index < -0.39 is 6.36 Å². The second-order valence-corrected chi connectivity index (χ2v) is 8.90. The Morgan fingerprint density at radius 2 is 1.94 bits per heavy atom. The van der Waals surface area contributed by atoms with E-state index in [4.69, 9.17) is 5.73 Å². The highest BCUT2D eigenvalue weighted by atomic mass is 32.1. The number of rotatable bonds is 5. The van der Waals surface area contributed by atoms with Gasteiger partial charge in [-0.1, -0.05) is 24.3 Å². The van der Waals surface area contributed by atoms with Gasteiger partial charge in [0.25, 0.3) is 5.91 Å². The van der Waals surface area contributed by atoms with Gasteiger partial charge >= 0.3 is 6.36 Å².